The minimum Gasteiger partial charge on any atom is -0.508 e. The molecule has 2 rings (SSSR count). The third-order valence-electron chi connectivity index (χ3n) is 3.79. The van der Waals surface area contributed by atoms with E-state index in [1.807, 2.05) is 0 Å². The van der Waals surface area contributed by atoms with E-state index in [2.05, 4.69) is 0 Å². The Labute approximate surface area is 133 Å². The summed E-state index contributed by atoms with van der Waals surface area (Å²) in [6, 6.07) is 4.27. The number of phenolic OH excluding ortho intramolecular Hbond substituents is 1. The van der Waals surface area contributed by atoms with Gasteiger partial charge in [0, 0.05) is 17.0 Å². The highest BCUT2D eigenvalue weighted by Gasteiger charge is 2.19. The number of nitrogens with two attached hydrogens (primary N) is 1. The predicted molar refractivity (Wildman–Crippen MR) is 85.5 cm³/mol. The summed E-state index contributed by atoms with van der Waals surface area (Å²) in [5, 5.41) is 10.1. The second-order valence-corrected chi connectivity index (χ2v) is 6.08. The highest BCUT2D eigenvalue weighted by Crippen LogP contribution is 2.34. The molecule has 0 aliphatic heterocycles. The first kappa shape index (κ1) is 16.6. The summed E-state index contributed by atoms with van der Waals surface area (Å²) in [6.45, 7) is 5.15. The lowest BCUT2D eigenvalue weighted by molar-refractivity contribution is 0.452. The SMILES string of the molecule is Cc1c(F)c(N)cc(Cl)c1Cc1ccc(O)c(C(C)C)c1F. The maximum Gasteiger partial charge on any atom is 0.149 e. The molecule has 2 nitrogen and oxygen atoms in total. The van der Waals surface area contributed by atoms with Crippen LogP contribution in [0.4, 0.5) is 14.5 Å². The molecule has 2 aromatic rings. The Morgan fingerprint density at radius 3 is 2.45 bits per heavy atom. The molecule has 22 heavy (non-hydrogen) atoms. The van der Waals surface area contributed by atoms with Crippen molar-refractivity contribution in [3.05, 3.63) is 57.1 Å². The molecule has 0 heterocycles. The van der Waals surface area contributed by atoms with Crippen LogP contribution in [0.15, 0.2) is 18.2 Å². The third-order valence-corrected chi connectivity index (χ3v) is 4.12. The molecule has 0 radical (unpaired) electrons. The van der Waals surface area contributed by atoms with Crippen LogP contribution in [0.1, 0.15) is 42.0 Å². The molecule has 0 aliphatic carbocycles. The molecule has 5 heteroatoms. The van der Waals surface area contributed by atoms with Crippen molar-refractivity contribution < 1.29 is 13.9 Å². The summed E-state index contributed by atoms with van der Waals surface area (Å²) < 4.78 is 28.5. The summed E-state index contributed by atoms with van der Waals surface area (Å²) in [7, 11) is 0. The van der Waals surface area contributed by atoms with Gasteiger partial charge in [0.25, 0.3) is 0 Å². The molecule has 118 valence electrons. The van der Waals surface area contributed by atoms with Crippen molar-refractivity contribution in [1.82, 2.24) is 0 Å². The number of phenols is 1. The van der Waals surface area contributed by atoms with Crippen molar-refractivity contribution in [2.24, 2.45) is 0 Å². The number of rotatable bonds is 3. The average Bonchev–Trinajstić information content (AvgIpc) is 2.43. The van der Waals surface area contributed by atoms with Gasteiger partial charge in [0.05, 0.1) is 5.69 Å². The predicted octanol–water partition coefficient (Wildman–Crippen LogP) is 4.93. The molecule has 0 bridgehead atoms. The van der Waals surface area contributed by atoms with Gasteiger partial charge in [0.15, 0.2) is 0 Å². The Morgan fingerprint density at radius 2 is 1.86 bits per heavy atom. The number of halogens is 3. The molecule has 0 aromatic heterocycles. The fourth-order valence-electron chi connectivity index (χ4n) is 2.54. The van der Waals surface area contributed by atoms with Crippen LogP contribution < -0.4 is 5.73 Å². The Morgan fingerprint density at radius 1 is 1.23 bits per heavy atom. The van der Waals surface area contributed by atoms with Crippen LogP contribution in [-0.4, -0.2) is 5.11 Å². The molecule has 0 atom stereocenters. The van der Waals surface area contributed by atoms with E-state index in [1.165, 1.54) is 18.2 Å². The largest absolute Gasteiger partial charge is 0.508 e. The monoisotopic (exact) mass is 325 g/mol. The third kappa shape index (κ3) is 2.88. The minimum absolute atomic E-state index is 0.0275. The first-order chi connectivity index (χ1) is 10.2. The molecule has 0 unspecified atom stereocenters. The van der Waals surface area contributed by atoms with Crippen LogP contribution in [0.5, 0.6) is 5.75 Å². The van der Waals surface area contributed by atoms with E-state index in [1.54, 1.807) is 20.8 Å². The second-order valence-electron chi connectivity index (χ2n) is 5.67. The Balaban J connectivity index is 2.54. The highest BCUT2D eigenvalue weighted by molar-refractivity contribution is 6.31. The number of aromatic hydroxyl groups is 1. The van der Waals surface area contributed by atoms with Crippen molar-refractivity contribution in [3.8, 4) is 5.75 Å². The van der Waals surface area contributed by atoms with Crippen molar-refractivity contribution in [3.63, 3.8) is 0 Å². The van der Waals surface area contributed by atoms with Gasteiger partial charge in [0.1, 0.15) is 17.4 Å². The van der Waals surface area contributed by atoms with Gasteiger partial charge in [-0.3, -0.25) is 0 Å². The van der Waals surface area contributed by atoms with Crippen LogP contribution in [0.25, 0.3) is 0 Å². The van der Waals surface area contributed by atoms with Gasteiger partial charge in [-0.05, 0) is 41.7 Å². The molecule has 0 saturated heterocycles. The summed E-state index contributed by atoms with van der Waals surface area (Å²) in [6.07, 6.45) is 0.133. The molecular formula is C17H18ClF2NO. The first-order valence-corrected chi connectivity index (χ1v) is 7.35. The Bertz CT molecular complexity index is 729. The standard InChI is InChI=1S/C17H18ClF2NO/c1-8(2)15-14(22)5-4-10(17(15)20)6-11-9(3)16(19)13(21)7-12(11)18/h4-5,7-8,22H,6,21H2,1-3H3. The van der Waals surface area contributed by atoms with Crippen LogP contribution in [0.2, 0.25) is 5.02 Å². The summed E-state index contributed by atoms with van der Waals surface area (Å²) in [5.41, 5.74) is 6.91. The minimum atomic E-state index is -0.539. The van der Waals surface area contributed by atoms with Crippen LogP contribution in [0, 0.1) is 18.6 Å². The van der Waals surface area contributed by atoms with Crippen LogP contribution >= 0.6 is 11.6 Å². The van der Waals surface area contributed by atoms with Gasteiger partial charge in [-0.1, -0.05) is 31.5 Å². The molecule has 3 N–H and O–H groups in total. The zero-order valence-corrected chi connectivity index (χ0v) is 13.4. The molecule has 2 aromatic carbocycles. The number of hydrogen-bond acceptors (Lipinski definition) is 2. The fourth-order valence-corrected chi connectivity index (χ4v) is 2.86. The normalized spacial score (nSPS) is 11.2. The maximum absolute atomic E-state index is 14.6. The topological polar surface area (TPSA) is 46.2 Å². The van der Waals surface area contributed by atoms with Gasteiger partial charge in [-0.15, -0.1) is 0 Å². The molecule has 0 spiro atoms. The van der Waals surface area contributed by atoms with Gasteiger partial charge in [-0.2, -0.15) is 0 Å². The summed E-state index contributed by atoms with van der Waals surface area (Å²) >= 11 is 6.12. The first-order valence-electron chi connectivity index (χ1n) is 6.97. The van der Waals surface area contributed by atoms with E-state index >= 15 is 0 Å². The van der Waals surface area contributed by atoms with Gasteiger partial charge < -0.3 is 10.8 Å². The zero-order chi connectivity index (χ0) is 16.6. The van der Waals surface area contributed by atoms with Gasteiger partial charge >= 0.3 is 0 Å². The number of hydrogen-bond donors (Lipinski definition) is 2. The number of anilines is 1. The van der Waals surface area contributed by atoms with Gasteiger partial charge in [-0.25, -0.2) is 8.78 Å². The lowest BCUT2D eigenvalue weighted by Crippen LogP contribution is -2.04. The molecule has 0 aliphatic rings. The number of nitrogen functional groups attached to an aromatic ring is 1. The smallest absolute Gasteiger partial charge is 0.149 e. The lowest BCUT2D eigenvalue weighted by Gasteiger charge is -2.15. The van der Waals surface area contributed by atoms with Crippen molar-refractivity contribution >= 4 is 17.3 Å². The quantitative estimate of drug-likeness (QED) is 0.786. The molecule has 0 saturated carbocycles. The Kier molecular flexibility index (Phi) is 4.61. The molecule has 0 amide bonds. The molecule has 0 fully saturated rings. The van der Waals surface area contributed by atoms with E-state index < -0.39 is 11.6 Å². The van der Waals surface area contributed by atoms with Crippen LogP contribution in [0.3, 0.4) is 0 Å². The number of benzene rings is 2. The van der Waals surface area contributed by atoms with Crippen molar-refractivity contribution in [1.29, 1.82) is 0 Å². The highest BCUT2D eigenvalue weighted by atomic mass is 35.5. The Hall–Kier alpha value is -1.81. The lowest BCUT2D eigenvalue weighted by atomic mass is 9.94. The van der Waals surface area contributed by atoms with Crippen molar-refractivity contribution in [2.75, 3.05) is 5.73 Å². The average molecular weight is 326 g/mol. The zero-order valence-electron chi connectivity index (χ0n) is 12.7. The summed E-state index contributed by atoms with van der Waals surface area (Å²) in [4.78, 5) is 0. The van der Waals surface area contributed by atoms with Crippen LogP contribution in [-0.2, 0) is 6.42 Å². The van der Waals surface area contributed by atoms with E-state index in [0.29, 0.717) is 21.7 Å². The fraction of sp³-hybridized carbons (Fsp3) is 0.294. The molecular weight excluding hydrogens is 308 g/mol. The van der Waals surface area contributed by atoms with Crippen molar-refractivity contribution in [2.45, 2.75) is 33.1 Å². The van der Waals surface area contributed by atoms with E-state index in [0.717, 1.165) is 0 Å². The van der Waals surface area contributed by atoms with E-state index in [9.17, 15) is 13.9 Å². The van der Waals surface area contributed by atoms with E-state index in [4.69, 9.17) is 17.3 Å². The van der Waals surface area contributed by atoms with E-state index in [-0.39, 0.29) is 29.3 Å². The van der Waals surface area contributed by atoms with Gasteiger partial charge in [0.2, 0.25) is 0 Å². The summed E-state index contributed by atoms with van der Waals surface area (Å²) in [5.74, 6) is -1.27. The maximum atomic E-state index is 14.6. The second kappa shape index (κ2) is 6.13.